The van der Waals surface area contributed by atoms with Gasteiger partial charge < -0.3 is 20.2 Å². The van der Waals surface area contributed by atoms with Crippen LogP contribution >= 0.6 is 11.6 Å². The molecule has 4 heterocycles. The number of aliphatic imine (C=N–C) groups is 1. The van der Waals surface area contributed by atoms with Crippen molar-refractivity contribution in [3.63, 3.8) is 0 Å². The van der Waals surface area contributed by atoms with Crippen molar-refractivity contribution in [3.8, 4) is 22.6 Å². The van der Waals surface area contributed by atoms with E-state index in [0.717, 1.165) is 25.3 Å². The maximum atomic E-state index is 14.7. The first kappa shape index (κ1) is 23.4. The van der Waals surface area contributed by atoms with Crippen LogP contribution in [0, 0.1) is 5.41 Å². The third-order valence-corrected chi connectivity index (χ3v) is 6.85. The SMILES string of the molecule is CN=C(C=CN)Nc1cc(-c2cc3n(c2)CC2(CC2)Cn2c-3nnc2C(F)(F)C(C)F)c(Cl)cn1. The minimum absolute atomic E-state index is 0.196. The van der Waals surface area contributed by atoms with Crippen LogP contribution in [0.4, 0.5) is 19.0 Å². The van der Waals surface area contributed by atoms with Gasteiger partial charge in [0.1, 0.15) is 11.7 Å². The van der Waals surface area contributed by atoms with E-state index >= 15 is 0 Å². The van der Waals surface area contributed by atoms with Gasteiger partial charge in [0.2, 0.25) is 5.82 Å². The van der Waals surface area contributed by atoms with E-state index in [9.17, 15) is 13.2 Å². The van der Waals surface area contributed by atoms with Gasteiger partial charge in [0.25, 0.3) is 0 Å². The van der Waals surface area contributed by atoms with Crippen molar-refractivity contribution in [1.82, 2.24) is 24.3 Å². The van der Waals surface area contributed by atoms with Gasteiger partial charge in [-0.1, -0.05) is 11.6 Å². The Labute approximate surface area is 204 Å². The van der Waals surface area contributed by atoms with E-state index in [4.69, 9.17) is 17.3 Å². The molecule has 2 aliphatic rings. The molecule has 0 radical (unpaired) electrons. The molecule has 0 amide bonds. The van der Waals surface area contributed by atoms with Crippen LogP contribution in [0.1, 0.15) is 25.6 Å². The molecule has 1 atom stereocenters. The molecule has 1 aliphatic carbocycles. The molecule has 5 rings (SSSR count). The predicted molar refractivity (Wildman–Crippen MR) is 128 cm³/mol. The largest absolute Gasteiger partial charge is 0.404 e. The number of amidine groups is 1. The van der Waals surface area contributed by atoms with Crippen molar-refractivity contribution in [3.05, 3.63) is 47.6 Å². The molecular formula is C23H24ClF3N8. The quantitative estimate of drug-likeness (QED) is 0.390. The Morgan fingerprint density at radius 2 is 2.09 bits per heavy atom. The molecule has 0 saturated heterocycles. The van der Waals surface area contributed by atoms with Crippen molar-refractivity contribution in [2.24, 2.45) is 16.1 Å². The second kappa shape index (κ2) is 8.40. The van der Waals surface area contributed by atoms with Gasteiger partial charge in [0, 0.05) is 49.1 Å². The van der Waals surface area contributed by atoms with E-state index in [1.54, 1.807) is 19.2 Å². The van der Waals surface area contributed by atoms with Gasteiger partial charge in [-0.2, -0.15) is 8.78 Å². The summed E-state index contributed by atoms with van der Waals surface area (Å²) in [6, 6.07) is 3.61. The highest BCUT2D eigenvalue weighted by atomic mass is 35.5. The van der Waals surface area contributed by atoms with Crippen LogP contribution in [0.25, 0.3) is 22.6 Å². The zero-order valence-electron chi connectivity index (χ0n) is 19.1. The maximum Gasteiger partial charge on any atom is 0.336 e. The van der Waals surface area contributed by atoms with Crippen LogP contribution in [0.2, 0.25) is 5.02 Å². The number of pyridine rings is 1. The highest BCUT2D eigenvalue weighted by Crippen LogP contribution is 2.52. The van der Waals surface area contributed by atoms with Gasteiger partial charge in [-0.05, 0) is 44.2 Å². The first-order valence-electron chi connectivity index (χ1n) is 11.1. The molecule has 1 saturated carbocycles. The summed E-state index contributed by atoms with van der Waals surface area (Å²) >= 11 is 6.49. The number of anilines is 1. The average molecular weight is 505 g/mol. The molecule has 1 fully saturated rings. The Balaban J connectivity index is 1.59. The molecule has 184 valence electrons. The molecule has 0 aromatic carbocycles. The number of rotatable bonds is 5. The molecule has 3 N–H and O–H groups in total. The summed E-state index contributed by atoms with van der Waals surface area (Å²) in [4.78, 5) is 8.40. The second-order valence-corrected chi connectivity index (χ2v) is 9.46. The Morgan fingerprint density at radius 3 is 2.74 bits per heavy atom. The van der Waals surface area contributed by atoms with E-state index < -0.39 is 17.9 Å². The predicted octanol–water partition coefficient (Wildman–Crippen LogP) is 4.62. The van der Waals surface area contributed by atoms with Gasteiger partial charge in [-0.25, -0.2) is 9.37 Å². The summed E-state index contributed by atoms with van der Waals surface area (Å²) < 4.78 is 46.5. The molecule has 1 aliphatic heterocycles. The number of nitrogens with two attached hydrogens (primary N) is 1. The van der Waals surface area contributed by atoms with E-state index in [0.29, 0.717) is 41.0 Å². The van der Waals surface area contributed by atoms with Crippen LogP contribution in [0.15, 0.2) is 41.8 Å². The molecule has 1 unspecified atom stereocenters. The zero-order valence-corrected chi connectivity index (χ0v) is 19.9. The zero-order chi connectivity index (χ0) is 25.0. The number of aromatic nitrogens is 5. The van der Waals surface area contributed by atoms with E-state index in [1.165, 1.54) is 17.0 Å². The van der Waals surface area contributed by atoms with Crippen LogP contribution in [-0.4, -0.2) is 43.4 Å². The molecule has 12 heteroatoms. The lowest BCUT2D eigenvalue weighted by Gasteiger charge is -2.20. The minimum Gasteiger partial charge on any atom is -0.404 e. The molecule has 3 aromatic heterocycles. The second-order valence-electron chi connectivity index (χ2n) is 9.06. The summed E-state index contributed by atoms with van der Waals surface area (Å²) in [5, 5.41) is 11.3. The van der Waals surface area contributed by atoms with E-state index in [-0.39, 0.29) is 11.2 Å². The lowest BCUT2D eigenvalue weighted by atomic mass is 10.1. The number of fused-ring (bicyclic) bond motifs is 3. The monoisotopic (exact) mass is 504 g/mol. The van der Waals surface area contributed by atoms with Crippen molar-refractivity contribution in [2.75, 3.05) is 12.4 Å². The number of hydrogen-bond donors (Lipinski definition) is 2. The van der Waals surface area contributed by atoms with E-state index in [1.807, 2.05) is 16.8 Å². The number of nitrogens with one attached hydrogen (secondary N) is 1. The fourth-order valence-electron chi connectivity index (χ4n) is 4.41. The molecular weight excluding hydrogens is 481 g/mol. The Morgan fingerprint density at radius 1 is 1.31 bits per heavy atom. The smallest absolute Gasteiger partial charge is 0.336 e. The topological polar surface area (TPSA) is 98.9 Å². The summed E-state index contributed by atoms with van der Waals surface area (Å²) in [5.74, 6) is -3.08. The first-order valence-corrected chi connectivity index (χ1v) is 11.5. The van der Waals surface area contributed by atoms with Crippen LogP contribution in [0.3, 0.4) is 0 Å². The fourth-order valence-corrected chi connectivity index (χ4v) is 4.62. The third kappa shape index (κ3) is 4.07. The number of nitrogens with zero attached hydrogens (tertiary/aromatic N) is 6. The van der Waals surface area contributed by atoms with Crippen LogP contribution in [-0.2, 0) is 19.0 Å². The summed E-state index contributed by atoms with van der Waals surface area (Å²) in [7, 11) is 1.62. The number of halogens is 4. The standard InChI is InChI=1S/C23H24ClF3N8/c1-13(25)23(26,27)21-33-32-20-17-7-14(10-34(17)11-22(4-5-22)12-35(20)21)15-8-19(30-9-16(15)24)31-18(29-2)3-6-28/h3,6-10,13H,4-5,11-12,28H2,1-2H3,(H,29,30,31). The Kier molecular flexibility index (Phi) is 5.62. The maximum absolute atomic E-state index is 14.7. The van der Waals surface area contributed by atoms with E-state index in [2.05, 4.69) is 25.5 Å². The summed E-state index contributed by atoms with van der Waals surface area (Å²) in [5.41, 5.74) is 7.33. The molecule has 35 heavy (non-hydrogen) atoms. The van der Waals surface area contributed by atoms with Crippen molar-refractivity contribution in [2.45, 2.75) is 44.9 Å². The highest BCUT2D eigenvalue weighted by molar-refractivity contribution is 6.33. The molecule has 8 nitrogen and oxygen atoms in total. The normalized spacial score (nSPS) is 17.8. The van der Waals surface area contributed by atoms with Crippen molar-refractivity contribution < 1.29 is 13.2 Å². The fraction of sp³-hybridized carbons (Fsp3) is 0.391. The van der Waals surface area contributed by atoms with Gasteiger partial charge in [0.15, 0.2) is 12.0 Å². The molecule has 1 spiro atoms. The lowest BCUT2D eigenvalue weighted by molar-refractivity contribution is -0.0819. The van der Waals surface area contributed by atoms with Gasteiger partial charge in [-0.15, -0.1) is 10.2 Å². The highest BCUT2D eigenvalue weighted by Gasteiger charge is 2.50. The summed E-state index contributed by atoms with van der Waals surface area (Å²) in [6.45, 7) is 1.78. The average Bonchev–Trinajstić information content (AvgIpc) is 3.28. The lowest BCUT2D eigenvalue weighted by Crippen LogP contribution is -2.30. The minimum atomic E-state index is -3.74. The van der Waals surface area contributed by atoms with Gasteiger partial charge in [0.05, 0.1) is 10.7 Å². The van der Waals surface area contributed by atoms with Crippen LogP contribution < -0.4 is 11.1 Å². The number of alkyl halides is 3. The molecule has 3 aromatic rings. The number of hydrogen-bond acceptors (Lipinski definition) is 5. The van der Waals surface area contributed by atoms with Crippen LogP contribution in [0.5, 0.6) is 0 Å². The van der Waals surface area contributed by atoms with Gasteiger partial charge >= 0.3 is 5.92 Å². The van der Waals surface area contributed by atoms with Gasteiger partial charge in [-0.3, -0.25) is 4.99 Å². The summed E-state index contributed by atoms with van der Waals surface area (Å²) in [6.07, 6.45) is 5.79. The van der Waals surface area contributed by atoms with Crippen molar-refractivity contribution in [1.29, 1.82) is 0 Å². The first-order chi connectivity index (χ1) is 16.7. The Hall–Kier alpha value is -3.34. The Bertz CT molecular complexity index is 1340. The third-order valence-electron chi connectivity index (χ3n) is 6.55. The molecule has 0 bridgehead atoms. The van der Waals surface area contributed by atoms with Crippen molar-refractivity contribution >= 4 is 23.3 Å².